The number of rotatable bonds is 5. The summed E-state index contributed by atoms with van der Waals surface area (Å²) in [5, 5.41) is 10.5. The molecule has 1 aliphatic carbocycles. The first-order valence-electron chi connectivity index (χ1n) is 6.64. The van der Waals surface area contributed by atoms with Crippen molar-refractivity contribution in [3.05, 3.63) is 21.7 Å². The summed E-state index contributed by atoms with van der Waals surface area (Å²) in [7, 11) is 0. The van der Waals surface area contributed by atoms with Crippen LogP contribution in [0.3, 0.4) is 0 Å². The lowest BCUT2D eigenvalue weighted by Crippen LogP contribution is -2.08. The Bertz CT molecular complexity index is 462. The van der Waals surface area contributed by atoms with Gasteiger partial charge in [-0.05, 0) is 25.8 Å². The number of nitrogens with zero attached hydrogens (tertiary/aromatic N) is 1. The van der Waals surface area contributed by atoms with Crippen LogP contribution < -0.4 is 0 Å². The molecule has 1 fully saturated rings. The molecule has 1 heterocycles. The fraction of sp³-hybridized carbons (Fsp3) is 0.571. The van der Waals surface area contributed by atoms with E-state index in [0.717, 1.165) is 26.6 Å². The van der Waals surface area contributed by atoms with Gasteiger partial charge < -0.3 is 5.11 Å². The molecular formula is C14H19NO2S2. The number of carbonyl (C=O) groups is 1. The number of hydrogen-bond donors (Lipinski definition) is 1. The quantitative estimate of drug-likeness (QED) is 0.831. The predicted molar refractivity (Wildman–Crippen MR) is 81.7 cm³/mol. The van der Waals surface area contributed by atoms with Crippen molar-refractivity contribution in [2.24, 2.45) is 0 Å². The number of thiazole rings is 1. The first kappa shape index (κ1) is 14.6. The van der Waals surface area contributed by atoms with Crippen molar-refractivity contribution in [3.8, 4) is 0 Å². The molecule has 104 valence electrons. The lowest BCUT2D eigenvalue weighted by molar-refractivity contribution is -0.131. The van der Waals surface area contributed by atoms with E-state index < -0.39 is 5.97 Å². The zero-order valence-corrected chi connectivity index (χ0v) is 12.7. The van der Waals surface area contributed by atoms with E-state index in [1.54, 1.807) is 17.4 Å². The van der Waals surface area contributed by atoms with Gasteiger partial charge in [0.2, 0.25) is 0 Å². The molecule has 1 aromatic heterocycles. The average Bonchev–Trinajstić information content (AvgIpc) is 2.76. The highest BCUT2D eigenvalue weighted by Gasteiger charge is 2.15. The Morgan fingerprint density at radius 3 is 2.89 bits per heavy atom. The molecule has 19 heavy (non-hydrogen) atoms. The third-order valence-electron chi connectivity index (χ3n) is 3.25. The number of aryl methyl sites for hydroxylation is 1. The Balaban J connectivity index is 1.90. The highest BCUT2D eigenvalue weighted by atomic mass is 32.2. The number of thioether (sulfide) groups is 1. The topological polar surface area (TPSA) is 50.2 Å². The second-order valence-electron chi connectivity index (χ2n) is 4.80. The Labute approximate surface area is 122 Å². The summed E-state index contributed by atoms with van der Waals surface area (Å²) in [4.78, 5) is 16.0. The molecule has 0 aliphatic heterocycles. The molecule has 1 aromatic rings. The fourth-order valence-corrected chi connectivity index (χ4v) is 4.57. The third kappa shape index (κ3) is 4.66. The summed E-state index contributed by atoms with van der Waals surface area (Å²) >= 11 is 3.61. The van der Waals surface area contributed by atoms with E-state index in [1.165, 1.54) is 38.2 Å². The van der Waals surface area contributed by atoms with Crippen LogP contribution in [0.5, 0.6) is 0 Å². The van der Waals surface area contributed by atoms with E-state index in [4.69, 9.17) is 5.11 Å². The number of carboxylic acids is 1. The van der Waals surface area contributed by atoms with E-state index in [-0.39, 0.29) is 0 Å². The van der Waals surface area contributed by atoms with Crippen LogP contribution in [-0.2, 0) is 10.5 Å². The summed E-state index contributed by atoms with van der Waals surface area (Å²) in [6.45, 7) is 1.94. The molecule has 1 aliphatic rings. The van der Waals surface area contributed by atoms with Crippen molar-refractivity contribution in [1.29, 1.82) is 0 Å². The van der Waals surface area contributed by atoms with Crippen molar-refractivity contribution < 1.29 is 9.90 Å². The molecular weight excluding hydrogens is 278 g/mol. The summed E-state index contributed by atoms with van der Waals surface area (Å²) in [6, 6.07) is 0. The molecule has 0 saturated heterocycles. The van der Waals surface area contributed by atoms with E-state index >= 15 is 0 Å². The van der Waals surface area contributed by atoms with Crippen molar-refractivity contribution in [2.75, 3.05) is 0 Å². The van der Waals surface area contributed by atoms with Gasteiger partial charge in [0.25, 0.3) is 0 Å². The van der Waals surface area contributed by atoms with Crippen molar-refractivity contribution in [3.63, 3.8) is 0 Å². The van der Waals surface area contributed by atoms with Crippen molar-refractivity contribution in [1.82, 2.24) is 4.98 Å². The molecule has 1 N–H and O–H groups in total. The standard InChI is InChI=1S/C14H19NO2S2/c1-10-12(7-8-14(16)17)19-13(15-10)9-18-11-5-3-2-4-6-11/h7-8,11H,2-6,9H2,1H3,(H,16,17)/b8-7+. The van der Waals surface area contributed by atoms with Gasteiger partial charge in [-0.1, -0.05) is 19.3 Å². The Kier molecular flexibility index (Phi) is 5.45. The van der Waals surface area contributed by atoms with Crippen LogP contribution >= 0.6 is 23.1 Å². The summed E-state index contributed by atoms with van der Waals surface area (Å²) in [5.41, 5.74) is 0.932. The number of carboxylic acid groups (broad SMARTS) is 1. The van der Waals surface area contributed by atoms with Crippen LogP contribution in [0.25, 0.3) is 6.08 Å². The molecule has 0 radical (unpaired) electrons. The molecule has 0 atom stereocenters. The summed E-state index contributed by atoms with van der Waals surface area (Å²) in [6.07, 6.45) is 9.60. The lowest BCUT2D eigenvalue weighted by atomic mass is 10.0. The molecule has 0 amide bonds. The first-order valence-corrected chi connectivity index (χ1v) is 8.50. The SMILES string of the molecule is Cc1nc(CSC2CCCCC2)sc1/C=C/C(=O)O. The van der Waals surface area contributed by atoms with Crippen LogP contribution in [0, 0.1) is 6.92 Å². The molecule has 5 heteroatoms. The number of aromatic nitrogens is 1. The van der Waals surface area contributed by atoms with E-state index in [0.29, 0.717) is 0 Å². The van der Waals surface area contributed by atoms with Crippen LogP contribution in [0.1, 0.15) is 47.7 Å². The molecule has 0 aromatic carbocycles. The zero-order chi connectivity index (χ0) is 13.7. The molecule has 2 rings (SSSR count). The maximum atomic E-state index is 10.5. The minimum atomic E-state index is -0.911. The van der Waals surface area contributed by atoms with Gasteiger partial charge >= 0.3 is 5.97 Å². The van der Waals surface area contributed by atoms with Gasteiger partial charge in [0.1, 0.15) is 5.01 Å². The van der Waals surface area contributed by atoms with Gasteiger partial charge in [0.05, 0.1) is 10.6 Å². The monoisotopic (exact) mass is 297 g/mol. The normalized spacial score (nSPS) is 17.1. The van der Waals surface area contributed by atoms with Gasteiger partial charge in [-0.25, -0.2) is 9.78 Å². The summed E-state index contributed by atoms with van der Waals surface area (Å²) < 4.78 is 0. The molecule has 1 saturated carbocycles. The van der Waals surface area contributed by atoms with Gasteiger partial charge in [-0.15, -0.1) is 11.3 Å². The maximum absolute atomic E-state index is 10.5. The second-order valence-corrected chi connectivity index (χ2v) is 7.20. The summed E-state index contributed by atoms with van der Waals surface area (Å²) in [5.74, 6) is 0.0443. The highest BCUT2D eigenvalue weighted by Crippen LogP contribution is 2.32. The van der Waals surface area contributed by atoms with Gasteiger partial charge in [0.15, 0.2) is 0 Å². The Morgan fingerprint density at radius 1 is 1.47 bits per heavy atom. The highest BCUT2D eigenvalue weighted by molar-refractivity contribution is 7.99. The van der Waals surface area contributed by atoms with Crippen molar-refractivity contribution >= 4 is 35.1 Å². The minimum Gasteiger partial charge on any atom is -0.478 e. The van der Waals surface area contributed by atoms with E-state index in [2.05, 4.69) is 4.98 Å². The van der Waals surface area contributed by atoms with Crippen LogP contribution in [0.2, 0.25) is 0 Å². The molecule has 3 nitrogen and oxygen atoms in total. The Morgan fingerprint density at radius 2 is 2.21 bits per heavy atom. The first-order chi connectivity index (χ1) is 9.15. The van der Waals surface area contributed by atoms with E-state index in [1.807, 2.05) is 18.7 Å². The number of aliphatic carboxylic acids is 1. The van der Waals surface area contributed by atoms with Gasteiger partial charge in [0, 0.05) is 17.1 Å². The van der Waals surface area contributed by atoms with Crippen LogP contribution in [0.15, 0.2) is 6.08 Å². The lowest BCUT2D eigenvalue weighted by Gasteiger charge is -2.20. The van der Waals surface area contributed by atoms with Crippen LogP contribution in [0.4, 0.5) is 0 Å². The van der Waals surface area contributed by atoms with Crippen LogP contribution in [-0.4, -0.2) is 21.3 Å². The smallest absolute Gasteiger partial charge is 0.328 e. The third-order valence-corrected chi connectivity index (χ3v) is 5.94. The van der Waals surface area contributed by atoms with Gasteiger partial charge in [-0.3, -0.25) is 0 Å². The predicted octanol–water partition coefficient (Wildman–Crippen LogP) is 4.12. The molecule has 0 bridgehead atoms. The van der Waals surface area contributed by atoms with Crippen molar-refractivity contribution in [2.45, 2.75) is 50.0 Å². The fourth-order valence-electron chi connectivity index (χ4n) is 2.25. The van der Waals surface area contributed by atoms with E-state index in [9.17, 15) is 4.79 Å². The van der Waals surface area contributed by atoms with Gasteiger partial charge in [-0.2, -0.15) is 11.8 Å². The average molecular weight is 297 g/mol. The number of hydrogen-bond acceptors (Lipinski definition) is 4. The largest absolute Gasteiger partial charge is 0.478 e. The molecule has 0 unspecified atom stereocenters. The minimum absolute atomic E-state index is 0.788. The second kappa shape index (κ2) is 7.10. The maximum Gasteiger partial charge on any atom is 0.328 e. The zero-order valence-electron chi connectivity index (χ0n) is 11.1. The Hall–Kier alpha value is -0.810. The molecule has 0 spiro atoms.